The molecule has 0 saturated heterocycles. The van der Waals surface area contributed by atoms with Gasteiger partial charge in [0.25, 0.3) is 10.2 Å². The normalized spacial score (nSPS) is 21.7. The van der Waals surface area contributed by atoms with Crippen LogP contribution in [0.1, 0.15) is 49.7 Å². The minimum absolute atomic E-state index is 0.114. The lowest BCUT2D eigenvalue weighted by molar-refractivity contribution is -0.121. The molecule has 1 fully saturated rings. The number of rotatable bonds is 6. The summed E-state index contributed by atoms with van der Waals surface area (Å²) in [7, 11) is -9.55. The first-order chi connectivity index (χ1) is 16.2. The van der Waals surface area contributed by atoms with Gasteiger partial charge in [0.2, 0.25) is 5.91 Å². The highest BCUT2D eigenvalue weighted by molar-refractivity contribution is 8.45. The summed E-state index contributed by atoms with van der Waals surface area (Å²) in [5.74, 6) is -2.85. The molecule has 190 valence electrons. The Balaban J connectivity index is 1.35. The fraction of sp³-hybridized carbons (Fsp3) is 0.360. The molecule has 0 bridgehead atoms. The summed E-state index contributed by atoms with van der Waals surface area (Å²) < 4.78 is 77.1. The molecule has 3 nitrogen and oxygen atoms in total. The summed E-state index contributed by atoms with van der Waals surface area (Å²) >= 11 is 0. The van der Waals surface area contributed by atoms with Crippen molar-refractivity contribution in [2.24, 2.45) is 11.8 Å². The second kappa shape index (κ2) is 8.43. The highest BCUT2D eigenvalue weighted by Gasteiger charge is 2.63. The van der Waals surface area contributed by atoms with Gasteiger partial charge in [0.1, 0.15) is 11.6 Å². The van der Waals surface area contributed by atoms with E-state index in [1.807, 2.05) is 6.07 Å². The molecule has 4 rings (SSSR count). The van der Waals surface area contributed by atoms with E-state index in [0.717, 1.165) is 54.3 Å². The minimum Gasteiger partial charge on any atom is -0.326 e. The van der Waals surface area contributed by atoms with E-state index in [-0.39, 0.29) is 35.2 Å². The van der Waals surface area contributed by atoms with Crippen LogP contribution in [-0.4, -0.2) is 10.9 Å². The minimum atomic E-state index is -9.55. The maximum atomic E-state index is 13.8. The zero-order valence-electron chi connectivity index (χ0n) is 19.0. The maximum Gasteiger partial charge on any atom is 0.289 e. The summed E-state index contributed by atoms with van der Waals surface area (Å²) in [6.07, 6.45) is 4.98. The third kappa shape index (κ3) is 6.68. The molecule has 1 heterocycles. The Morgan fingerprint density at radius 1 is 1.00 bits per heavy atom. The number of hydrogen-bond acceptors (Lipinski definition) is 2. The fourth-order valence-electron chi connectivity index (χ4n) is 4.90. The highest BCUT2D eigenvalue weighted by atomic mass is 32.5. The van der Waals surface area contributed by atoms with Crippen LogP contribution in [0.2, 0.25) is 0 Å². The van der Waals surface area contributed by atoms with Crippen molar-refractivity contribution >= 4 is 32.7 Å². The van der Waals surface area contributed by atoms with E-state index in [0.29, 0.717) is 0 Å². The molecule has 1 N–H and O–H groups in total. The van der Waals surface area contributed by atoms with E-state index < -0.39 is 21.5 Å². The standard InChI is InChI=1S/C25H26F6N2OS/c1-16(25(34)33-21-9-2-17(3-10-21)15-35(27,28,29,30)31)18-4-6-19(7-5-18)22-12-13-32-24-11-8-20(26)14-23(22)24/h2-3,8-14,16,18-19H,4-7,15H2,1H3,(H,33,34). The molecule has 1 aliphatic rings. The Bertz CT molecular complexity index is 1240. The number of anilines is 1. The van der Waals surface area contributed by atoms with E-state index >= 15 is 0 Å². The summed E-state index contributed by atoms with van der Waals surface area (Å²) in [6.45, 7) is 1.81. The second-order valence-corrected chi connectivity index (χ2v) is 12.0. The SMILES string of the molecule is CC(C(=O)Nc1ccc(CS(F)(F)(F)(F)F)cc1)C1CCC(c2ccnc3ccc(F)cc23)CC1. The largest absolute Gasteiger partial charge is 0.326 e. The Hall–Kier alpha value is -2.75. The first kappa shape index (κ1) is 25.3. The molecule has 1 aliphatic carbocycles. The van der Waals surface area contributed by atoms with Crippen LogP contribution in [0.3, 0.4) is 0 Å². The van der Waals surface area contributed by atoms with Gasteiger partial charge in [0.15, 0.2) is 0 Å². The lowest BCUT2D eigenvalue weighted by Crippen LogP contribution is -2.29. The van der Waals surface area contributed by atoms with Gasteiger partial charge in [0, 0.05) is 23.2 Å². The zero-order chi connectivity index (χ0) is 25.5. The van der Waals surface area contributed by atoms with Crippen molar-refractivity contribution in [2.75, 3.05) is 5.32 Å². The monoisotopic (exact) mass is 516 g/mol. The first-order valence-electron chi connectivity index (χ1n) is 11.3. The van der Waals surface area contributed by atoms with E-state index in [9.17, 15) is 28.6 Å². The predicted octanol–water partition coefficient (Wildman–Crippen LogP) is 8.72. The molecular weight excluding hydrogens is 490 g/mol. The number of carbonyl (C=O) groups excluding carboxylic acids is 1. The van der Waals surface area contributed by atoms with Crippen molar-refractivity contribution in [3.8, 4) is 0 Å². The van der Waals surface area contributed by atoms with Gasteiger partial charge in [0.05, 0.1) is 5.52 Å². The molecule has 0 radical (unpaired) electrons. The van der Waals surface area contributed by atoms with Crippen LogP contribution in [0.25, 0.3) is 10.9 Å². The number of amides is 1. The van der Waals surface area contributed by atoms with Crippen LogP contribution < -0.4 is 5.32 Å². The quantitative estimate of drug-likeness (QED) is 0.333. The van der Waals surface area contributed by atoms with Crippen molar-refractivity contribution < 1.29 is 28.6 Å². The summed E-state index contributed by atoms with van der Waals surface area (Å²) in [6, 6.07) is 10.8. The average Bonchev–Trinajstić information content (AvgIpc) is 2.77. The van der Waals surface area contributed by atoms with E-state index in [1.54, 1.807) is 19.2 Å². The number of benzene rings is 2. The third-order valence-electron chi connectivity index (χ3n) is 6.73. The van der Waals surface area contributed by atoms with Gasteiger partial charge in [-0.3, -0.25) is 9.78 Å². The number of halogens is 6. The van der Waals surface area contributed by atoms with E-state index in [4.69, 9.17) is 0 Å². The van der Waals surface area contributed by atoms with Gasteiger partial charge in [-0.1, -0.05) is 38.5 Å². The molecule has 35 heavy (non-hydrogen) atoms. The second-order valence-electron chi connectivity index (χ2n) is 9.42. The van der Waals surface area contributed by atoms with Crippen molar-refractivity contribution in [1.29, 1.82) is 0 Å². The van der Waals surface area contributed by atoms with E-state index in [1.165, 1.54) is 24.3 Å². The third-order valence-corrected chi connectivity index (χ3v) is 7.61. The number of nitrogens with zero attached hydrogens (tertiary/aromatic N) is 1. The number of pyridine rings is 1. The molecule has 0 aliphatic heterocycles. The van der Waals surface area contributed by atoms with Crippen molar-refractivity contribution in [3.63, 3.8) is 0 Å². The molecule has 3 aromatic rings. The van der Waals surface area contributed by atoms with Crippen molar-refractivity contribution in [3.05, 3.63) is 71.7 Å². The molecule has 2 aromatic carbocycles. The lowest BCUT2D eigenvalue weighted by atomic mass is 9.73. The van der Waals surface area contributed by atoms with E-state index in [2.05, 4.69) is 10.3 Å². The van der Waals surface area contributed by atoms with Crippen LogP contribution in [0.5, 0.6) is 0 Å². The lowest BCUT2D eigenvalue weighted by Gasteiger charge is -2.40. The molecule has 10 heteroatoms. The van der Waals surface area contributed by atoms with Gasteiger partial charge in [-0.25, -0.2) is 4.39 Å². The molecule has 1 amide bonds. The van der Waals surface area contributed by atoms with Crippen LogP contribution in [0.15, 0.2) is 54.7 Å². The van der Waals surface area contributed by atoms with Crippen LogP contribution >= 0.6 is 10.2 Å². The topological polar surface area (TPSA) is 42.0 Å². The number of nitrogens with one attached hydrogen (secondary N) is 1. The van der Waals surface area contributed by atoms with Crippen molar-refractivity contribution in [2.45, 2.75) is 44.3 Å². The Morgan fingerprint density at radius 2 is 1.66 bits per heavy atom. The number of hydrogen-bond donors (Lipinski definition) is 1. The summed E-state index contributed by atoms with van der Waals surface area (Å²) in [5.41, 5.74) is 1.49. The van der Waals surface area contributed by atoms with Crippen LogP contribution in [0.4, 0.5) is 29.5 Å². The molecule has 0 spiro atoms. The average molecular weight is 517 g/mol. The highest BCUT2D eigenvalue weighted by Crippen LogP contribution is 2.99. The Labute approximate surface area is 199 Å². The van der Waals surface area contributed by atoms with Gasteiger partial charge >= 0.3 is 0 Å². The summed E-state index contributed by atoms with van der Waals surface area (Å²) in [5, 5.41) is 3.47. The molecule has 1 saturated carbocycles. The molecule has 1 unspecified atom stereocenters. The Morgan fingerprint density at radius 3 is 2.29 bits per heavy atom. The first-order valence-corrected chi connectivity index (χ1v) is 13.5. The molecule has 1 aromatic heterocycles. The smallest absolute Gasteiger partial charge is 0.289 e. The molecular formula is C25H26F6N2OS. The van der Waals surface area contributed by atoms with Gasteiger partial charge < -0.3 is 5.32 Å². The van der Waals surface area contributed by atoms with Crippen LogP contribution in [0, 0.1) is 17.7 Å². The zero-order valence-corrected chi connectivity index (χ0v) is 19.8. The number of aromatic nitrogens is 1. The van der Waals surface area contributed by atoms with Gasteiger partial charge in [-0.15, -0.1) is 0 Å². The maximum absolute atomic E-state index is 13.8. The fourth-order valence-corrected chi connectivity index (χ4v) is 5.72. The number of fused-ring (bicyclic) bond motifs is 1. The predicted molar refractivity (Wildman–Crippen MR) is 127 cm³/mol. The summed E-state index contributed by atoms with van der Waals surface area (Å²) in [4.78, 5) is 17.0. The van der Waals surface area contributed by atoms with Gasteiger partial charge in [-0.2, -0.15) is 0 Å². The van der Waals surface area contributed by atoms with Gasteiger partial charge in [-0.05, 0) is 85.0 Å². The molecule has 1 atom stereocenters. The van der Waals surface area contributed by atoms with Crippen LogP contribution in [-0.2, 0) is 10.5 Å². The van der Waals surface area contributed by atoms with Crippen molar-refractivity contribution in [1.82, 2.24) is 4.98 Å². The number of carbonyl (C=O) groups is 1. The Kier molecular flexibility index (Phi) is 6.10.